The van der Waals surface area contributed by atoms with Crippen LogP contribution >= 0.6 is 11.8 Å². The smallest absolute Gasteiger partial charge is 0.237 e. The van der Waals surface area contributed by atoms with Gasteiger partial charge < -0.3 is 5.32 Å². The van der Waals surface area contributed by atoms with Crippen LogP contribution in [0.25, 0.3) is 10.8 Å². The van der Waals surface area contributed by atoms with E-state index in [0.717, 1.165) is 22.3 Å². The van der Waals surface area contributed by atoms with Gasteiger partial charge in [0, 0.05) is 17.0 Å². The Balaban J connectivity index is 1.46. The minimum Gasteiger partial charge on any atom is -0.325 e. The zero-order chi connectivity index (χ0) is 16.5. The molecule has 1 fully saturated rings. The third-order valence-electron chi connectivity index (χ3n) is 4.15. The van der Waals surface area contributed by atoms with Gasteiger partial charge in [-0.2, -0.15) is 0 Å². The van der Waals surface area contributed by atoms with E-state index in [4.69, 9.17) is 0 Å². The molecule has 1 saturated carbocycles. The molecule has 1 aromatic heterocycles. The fourth-order valence-corrected chi connectivity index (χ4v) is 3.36. The molecule has 1 unspecified atom stereocenters. The Morgan fingerprint density at radius 2 is 2.04 bits per heavy atom. The molecule has 24 heavy (non-hydrogen) atoms. The van der Waals surface area contributed by atoms with Crippen molar-refractivity contribution in [3.8, 4) is 0 Å². The summed E-state index contributed by atoms with van der Waals surface area (Å²) >= 11 is 1.38. The van der Waals surface area contributed by atoms with E-state index in [9.17, 15) is 4.79 Å². The Labute approximate surface area is 144 Å². The minimum absolute atomic E-state index is 0.0471. The van der Waals surface area contributed by atoms with E-state index in [1.807, 2.05) is 49.4 Å². The average molecular weight is 338 g/mol. The highest BCUT2D eigenvalue weighted by atomic mass is 32.2. The number of thioether (sulfide) groups is 1. The van der Waals surface area contributed by atoms with Gasteiger partial charge in [-0.05, 0) is 31.2 Å². The molecule has 122 valence electrons. The number of aromatic nitrogens is 3. The Bertz CT molecular complexity index is 882. The van der Waals surface area contributed by atoms with E-state index in [1.54, 1.807) is 0 Å². The van der Waals surface area contributed by atoms with Crippen LogP contribution in [0.4, 0.5) is 5.69 Å². The number of carbonyl (C=O) groups is 1. The molecule has 0 spiro atoms. The number of fused-ring (bicyclic) bond motifs is 1. The molecule has 1 amide bonds. The van der Waals surface area contributed by atoms with Crippen molar-refractivity contribution in [1.29, 1.82) is 0 Å². The van der Waals surface area contributed by atoms with Gasteiger partial charge >= 0.3 is 0 Å². The maximum atomic E-state index is 12.5. The zero-order valence-corrected chi connectivity index (χ0v) is 14.1. The number of benzene rings is 2. The number of nitrogens with one attached hydrogen (secondary N) is 2. The molecule has 2 aromatic carbocycles. The molecule has 0 bridgehead atoms. The van der Waals surface area contributed by atoms with Crippen molar-refractivity contribution in [3.05, 3.63) is 48.3 Å². The average Bonchev–Trinajstić information content (AvgIpc) is 3.35. The highest BCUT2D eigenvalue weighted by Crippen LogP contribution is 2.38. The summed E-state index contributed by atoms with van der Waals surface area (Å²) in [4.78, 5) is 17.0. The second kappa shape index (κ2) is 6.28. The van der Waals surface area contributed by atoms with Gasteiger partial charge in [-0.25, -0.2) is 4.98 Å². The summed E-state index contributed by atoms with van der Waals surface area (Å²) < 4.78 is 0. The highest BCUT2D eigenvalue weighted by Gasteiger charge is 2.28. The van der Waals surface area contributed by atoms with Crippen LogP contribution in [-0.4, -0.2) is 26.3 Å². The number of anilines is 1. The van der Waals surface area contributed by atoms with Crippen molar-refractivity contribution >= 4 is 34.1 Å². The van der Waals surface area contributed by atoms with Crippen LogP contribution in [0, 0.1) is 0 Å². The second-order valence-electron chi connectivity index (χ2n) is 6.05. The fourth-order valence-electron chi connectivity index (χ4n) is 2.63. The number of nitrogens with zero attached hydrogens (tertiary/aromatic N) is 2. The molecular formula is C18H18N4OS. The van der Waals surface area contributed by atoms with Gasteiger partial charge in [-0.3, -0.25) is 9.89 Å². The van der Waals surface area contributed by atoms with Gasteiger partial charge in [-0.15, -0.1) is 5.10 Å². The lowest BCUT2D eigenvalue weighted by molar-refractivity contribution is -0.115. The van der Waals surface area contributed by atoms with Crippen LogP contribution in [0.1, 0.15) is 31.5 Å². The van der Waals surface area contributed by atoms with Crippen molar-refractivity contribution < 1.29 is 4.79 Å². The van der Waals surface area contributed by atoms with Gasteiger partial charge in [0.05, 0.1) is 5.25 Å². The van der Waals surface area contributed by atoms with Crippen molar-refractivity contribution in [2.75, 3.05) is 5.32 Å². The summed E-state index contributed by atoms with van der Waals surface area (Å²) in [5.74, 6) is 1.43. The van der Waals surface area contributed by atoms with Crippen LogP contribution in [0.3, 0.4) is 0 Å². The van der Waals surface area contributed by atoms with Crippen LogP contribution in [0.15, 0.2) is 47.6 Å². The number of rotatable bonds is 5. The van der Waals surface area contributed by atoms with Crippen LogP contribution in [-0.2, 0) is 4.79 Å². The van der Waals surface area contributed by atoms with E-state index in [2.05, 4.69) is 20.5 Å². The van der Waals surface area contributed by atoms with Crippen LogP contribution in [0.2, 0.25) is 0 Å². The molecule has 5 nitrogen and oxygen atoms in total. The largest absolute Gasteiger partial charge is 0.325 e. The van der Waals surface area contributed by atoms with Crippen LogP contribution < -0.4 is 5.32 Å². The molecule has 0 radical (unpaired) electrons. The molecular weight excluding hydrogens is 320 g/mol. The highest BCUT2D eigenvalue weighted by molar-refractivity contribution is 8.00. The molecule has 0 aliphatic heterocycles. The maximum Gasteiger partial charge on any atom is 0.237 e. The minimum atomic E-state index is -0.271. The Kier molecular flexibility index (Phi) is 3.98. The van der Waals surface area contributed by atoms with Gasteiger partial charge in [-0.1, -0.05) is 48.2 Å². The van der Waals surface area contributed by atoms with Gasteiger partial charge in [0.15, 0.2) is 0 Å². The molecule has 4 rings (SSSR count). The van der Waals surface area contributed by atoms with E-state index >= 15 is 0 Å². The Hall–Kier alpha value is -2.34. The summed E-state index contributed by atoms with van der Waals surface area (Å²) in [5.41, 5.74) is 0.833. The van der Waals surface area contributed by atoms with Gasteiger partial charge in [0.2, 0.25) is 11.1 Å². The molecule has 2 N–H and O–H groups in total. The molecule has 6 heteroatoms. The predicted octanol–water partition coefficient (Wildman–Crippen LogP) is 3.95. The monoisotopic (exact) mass is 338 g/mol. The van der Waals surface area contributed by atoms with Crippen molar-refractivity contribution in [1.82, 2.24) is 15.2 Å². The van der Waals surface area contributed by atoms with Crippen molar-refractivity contribution in [2.24, 2.45) is 0 Å². The third-order valence-corrected chi connectivity index (χ3v) is 5.11. The lowest BCUT2D eigenvalue weighted by atomic mass is 10.1. The van der Waals surface area contributed by atoms with E-state index in [1.165, 1.54) is 24.6 Å². The molecule has 3 aromatic rings. The molecule has 1 atom stereocenters. The lowest BCUT2D eigenvalue weighted by Gasteiger charge is -2.12. The van der Waals surface area contributed by atoms with E-state index in [-0.39, 0.29) is 11.2 Å². The Morgan fingerprint density at radius 3 is 2.88 bits per heavy atom. The fraction of sp³-hybridized carbons (Fsp3) is 0.278. The SMILES string of the molecule is CC(Sc1n[nH]c(C2CC2)n1)C(=O)Nc1cccc2ccccc12. The van der Waals surface area contributed by atoms with E-state index in [0.29, 0.717) is 11.1 Å². The van der Waals surface area contributed by atoms with E-state index < -0.39 is 0 Å². The second-order valence-corrected chi connectivity index (χ2v) is 7.36. The summed E-state index contributed by atoms with van der Waals surface area (Å²) in [7, 11) is 0. The summed E-state index contributed by atoms with van der Waals surface area (Å²) in [6, 6.07) is 13.9. The summed E-state index contributed by atoms with van der Waals surface area (Å²) in [6.45, 7) is 1.87. The number of carbonyl (C=O) groups excluding carboxylic acids is 1. The first-order valence-electron chi connectivity index (χ1n) is 8.08. The van der Waals surface area contributed by atoms with Crippen molar-refractivity contribution in [3.63, 3.8) is 0 Å². The number of H-pyrrole nitrogens is 1. The standard InChI is InChI=1S/C18H18N4OS/c1-11(24-18-20-16(21-22-18)13-9-10-13)17(23)19-15-8-4-6-12-5-2-3-7-14(12)15/h2-8,11,13H,9-10H2,1H3,(H,19,23)(H,20,21,22). The zero-order valence-electron chi connectivity index (χ0n) is 13.3. The first-order valence-corrected chi connectivity index (χ1v) is 8.96. The third kappa shape index (κ3) is 3.14. The number of amides is 1. The summed E-state index contributed by atoms with van der Waals surface area (Å²) in [6.07, 6.45) is 2.35. The predicted molar refractivity (Wildman–Crippen MR) is 96.3 cm³/mol. The maximum absolute atomic E-state index is 12.5. The quantitative estimate of drug-likeness (QED) is 0.691. The molecule has 1 heterocycles. The number of aromatic amines is 1. The molecule has 1 aliphatic rings. The molecule has 0 saturated heterocycles. The van der Waals surface area contributed by atoms with Gasteiger partial charge in [0.25, 0.3) is 0 Å². The first kappa shape index (κ1) is 15.2. The first-order chi connectivity index (χ1) is 11.7. The van der Waals surface area contributed by atoms with Crippen LogP contribution in [0.5, 0.6) is 0 Å². The normalized spacial score (nSPS) is 15.4. The number of hydrogen-bond acceptors (Lipinski definition) is 4. The summed E-state index contributed by atoms with van der Waals surface area (Å²) in [5, 5.41) is 12.7. The topological polar surface area (TPSA) is 70.7 Å². The van der Waals surface area contributed by atoms with Gasteiger partial charge in [0.1, 0.15) is 5.82 Å². The number of hydrogen-bond donors (Lipinski definition) is 2. The Morgan fingerprint density at radius 1 is 1.25 bits per heavy atom. The lowest BCUT2D eigenvalue weighted by Crippen LogP contribution is -2.22. The molecule has 1 aliphatic carbocycles. The van der Waals surface area contributed by atoms with Crippen molar-refractivity contribution in [2.45, 2.75) is 36.1 Å².